The average molecular weight is 681 g/mol. The van der Waals surface area contributed by atoms with E-state index in [0.29, 0.717) is 46.3 Å². The molecule has 0 N–H and O–H groups in total. The van der Waals surface area contributed by atoms with Crippen LogP contribution < -0.4 is 93.0 Å². The van der Waals surface area contributed by atoms with Gasteiger partial charge in [0.15, 0.2) is 11.5 Å². The molecule has 0 fully saturated rings. The van der Waals surface area contributed by atoms with Crippen LogP contribution in [0.4, 0.5) is 0 Å². The van der Waals surface area contributed by atoms with Gasteiger partial charge >= 0.3 is 59.1 Å². The number of carboxylic acids is 2. The fraction of sp³-hybridized carbons (Fsp3) is 0.316. The molecule has 1 heterocycles. The number of benzene rings is 4. The van der Waals surface area contributed by atoms with E-state index < -0.39 is 35.8 Å². The summed E-state index contributed by atoms with van der Waals surface area (Å²) >= 11 is 0. The minimum Gasteiger partial charge on any atom is -0.550 e. The van der Waals surface area contributed by atoms with Crippen LogP contribution in [0.3, 0.4) is 0 Å². The number of aryl methyl sites for hydroxylation is 2. The first-order valence-corrected chi connectivity index (χ1v) is 15.9. The third kappa shape index (κ3) is 6.57. The van der Waals surface area contributed by atoms with Crippen LogP contribution >= 0.6 is 0 Å². The summed E-state index contributed by atoms with van der Waals surface area (Å²) < 4.78 is 28.7. The van der Waals surface area contributed by atoms with E-state index in [9.17, 15) is 19.8 Å². The maximum Gasteiger partial charge on any atom is 1.00 e. The van der Waals surface area contributed by atoms with Crippen molar-refractivity contribution in [2.45, 2.75) is 43.9 Å². The first kappa shape index (κ1) is 37.1. The number of fused-ring (bicyclic) bond motifs is 3. The second-order valence-electron chi connectivity index (χ2n) is 12.1. The van der Waals surface area contributed by atoms with Gasteiger partial charge in [-0.1, -0.05) is 43.3 Å². The van der Waals surface area contributed by atoms with Gasteiger partial charge in [0.2, 0.25) is 6.79 Å². The standard InChI is InChI=1S/C38H36O9.2Na/c1-3-15-44-27-11-13-30-29(18-27)35(28-12-10-26(43-2)19-32(28)45-20-34(39)40)36(37(41)42)38(30,24-8-7-22-5-4-6-23(22)16-24)25-9-14-31-33(17-25)47-21-46-31;;/h7-14,16-19,35-36H,3-6,15,20-21H2,1-2H3,(H,39,40)(H,41,42);;/q;2*+1/p-2. The fourth-order valence-electron chi connectivity index (χ4n) is 7.68. The van der Waals surface area contributed by atoms with E-state index in [2.05, 4.69) is 12.1 Å². The molecule has 7 rings (SSSR count). The van der Waals surface area contributed by atoms with Crippen LogP contribution in [-0.2, 0) is 27.8 Å². The molecule has 2 aliphatic carbocycles. The predicted octanol–water partition coefficient (Wildman–Crippen LogP) is -2.32. The van der Waals surface area contributed by atoms with Gasteiger partial charge in [0.25, 0.3) is 0 Å². The van der Waals surface area contributed by atoms with Crippen LogP contribution in [0.1, 0.15) is 64.6 Å². The normalized spacial score (nSPS) is 19.6. The van der Waals surface area contributed by atoms with E-state index in [1.165, 1.54) is 18.2 Å². The summed E-state index contributed by atoms with van der Waals surface area (Å²) in [7, 11) is 1.49. The Balaban J connectivity index is 0.00000234. The van der Waals surface area contributed by atoms with Gasteiger partial charge in [0.1, 0.15) is 23.9 Å². The molecule has 0 radical (unpaired) electrons. The van der Waals surface area contributed by atoms with Crippen LogP contribution in [0.25, 0.3) is 0 Å². The van der Waals surface area contributed by atoms with Crippen molar-refractivity contribution in [2.24, 2.45) is 5.92 Å². The van der Waals surface area contributed by atoms with E-state index in [1.54, 1.807) is 18.2 Å². The third-order valence-corrected chi connectivity index (χ3v) is 9.59. The monoisotopic (exact) mass is 680 g/mol. The summed E-state index contributed by atoms with van der Waals surface area (Å²) in [4.78, 5) is 25.4. The number of ether oxygens (including phenoxy) is 5. The number of hydrogen-bond donors (Lipinski definition) is 0. The molecule has 0 spiro atoms. The molecular weight excluding hydrogens is 646 g/mol. The Kier molecular flexibility index (Phi) is 11.6. The smallest absolute Gasteiger partial charge is 0.550 e. The largest absolute Gasteiger partial charge is 1.00 e. The van der Waals surface area contributed by atoms with Gasteiger partial charge in [0, 0.05) is 29.4 Å². The van der Waals surface area contributed by atoms with E-state index in [-0.39, 0.29) is 71.7 Å². The predicted molar refractivity (Wildman–Crippen MR) is 167 cm³/mol. The van der Waals surface area contributed by atoms with Crippen LogP contribution in [0.2, 0.25) is 0 Å². The van der Waals surface area contributed by atoms with Gasteiger partial charge in [-0.05, 0) is 89.4 Å². The Morgan fingerprint density at radius 2 is 1.55 bits per heavy atom. The maximum atomic E-state index is 13.9. The Hall–Kier alpha value is -3.18. The molecule has 49 heavy (non-hydrogen) atoms. The van der Waals surface area contributed by atoms with Crippen molar-refractivity contribution in [1.29, 1.82) is 0 Å². The first-order chi connectivity index (χ1) is 22.8. The summed E-state index contributed by atoms with van der Waals surface area (Å²) in [5, 5.41) is 25.4. The number of rotatable bonds is 11. The van der Waals surface area contributed by atoms with E-state index in [4.69, 9.17) is 23.7 Å². The summed E-state index contributed by atoms with van der Waals surface area (Å²) in [6.07, 6.45) is 3.69. The van der Waals surface area contributed by atoms with Crippen molar-refractivity contribution in [3.8, 4) is 28.7 Å². The second kappa shape index (κ2) is 15.4. The Labute approximate surface area is 329 Å². The van der Waals surface area contributed by atoms with Crippen molar-refractivity contribution in [2.75, 3.05) is 27.1 Å². The SMILES string of the molecule is CCCOc1ccc2c(c1)C(c1ccc(OC)cc1OCC(=O)[O-])C(C(=O)[O-])C2(c1ccc2c(c1)CCC2)c1ccc2c(c1)OCO2.[Na+].[Na+]. The summed E-state index contributed by atoms with van der Waals surface area (Å²) in [5.74, 6) is -2.46. The third-order valence-electron chi connectivity index (χ3n) is 9.59. The number of aliphatic carboxylic acids is 2. The number of carbonyl (C=O) groups is 2. The average Bonchev–Trinajstić information content (AvgIpc) is 3.82. The molecule has 4 aromatic rings. The van der Waals surface area contributed by atoms with Gasteiger partial charge < -0.3 is 43.5 Å². The zero-order valence-electron chi connectivity index (χ0n) is 28.2. The first-order valence-electron chi connectivity index (χ1n) is 15.9. The zero-order valence-corrected chi connectivity index (χ0v) is 32.2. The van der Waals surface area contributed by atoms with E-state index in [1.807, 2.05) is 49.4 Å². The molecule has 0 aromatic heterocycles. The Morgan fingerprint density at radius 3 is 2.31 bits per heavy atom. The molecule has 1 aliphatic heterocycles. The van der Waals surface area contributed by atoms with Gasteiger partial charge in [-0.15, -0.1) is 0 Å². The van der Waals surface area contributed by atoms with Gasteiger partial charge in [-0.25, -0.2) is 0 Å². The van der Waals surface area contributed by atoms with E-state index >= 15 is 0 Å². The molecule has 0 bridgehead atoms. The van der Waals surface area contributed by atoms with Crippen LogP contribution in [0.5, 0.6) is 28.7 Å². The number of carboxylic acid groups (broad SMARTS) is 2. The molecule has 0 amide bonds. The van der Waals surface area contributed by atoms with Crippen molar-refractivity contribution in [1.82, 2.24) is 0 Å². The molecule has 4 aromatic carbocycles. The quantitative estimate of drug-likeness (QED) is 0.161. The number of methoxy groups -OCH3 is 1. The molecular formula is C38H34Na2O9. The van der Waals surface area contributed by atoms with Crippen LogP contribution in [-0.4, -0.2) is 39.1 Å². The van der Waals surface area contributed by atoms with Gasteiger partial charge in [-0.2, -0.15) is 0 Å². The summed E-state index contributed by atoms with van der Waals surface area (Å²) in [5.41, 5.74) is 4.63. The molecule has 11 heteroatoms. The number of hydrogen-bond acceptors (Lipinski definition) is 9. The van der Waals surface area contributed by atoms with Crippen molar-refractivity contribution in [3.05, 3.63) is 112 Å². The van der Waals surface area contributed by atoms with E-state index in [0.717, 1.165) is 36.8 Å². The van der Waals surface area contributed by atoms with Crippen molar-refractivity contribution in [3.63, 3.8) is 0 Å². The minimum atomic E-state index is -1.41. The minimum absolute atomic E-state index is 0. The molecule has 0 saturated carbocycles. The van der Waals surface area contributed by atoms with Gasteiger partial charge in [-0.3, -0.25) is 0 Å². The van der Waals surface area contributed by atoms with Crippen molar-refractivity contribution >= 4 is 11.9 Å². The molecule has 3 atom stereocenters. The topological polar surface area (TPSA) is 126 Å². The molecule has 3 unspecified atom stereocenters. The number of carbonyl (C=O) groups excluding carboxylic acids is 2. The fourth-order valence-corrected chi connectivity index (χ4v) is 7.68. The van der Waals surface area contributed by atoms with Gasteiger partial charge in [0.05, 0.1) is 25.1 Å². The summed E-state index contributed by atoms with van der Waals surface area (Å²) in [6, 6.07) is 22.5. The molecule has 3 aliphatic rings. The molecule has 0 saturated heterocycles. The maximum absolute atomic E-state index is 13.9. The Morgan fingerprint density at radius 1 is 0.816 bits per heavy atom. The zero-order chi connectivity index (χ0) is 32.7. The second-order valence-corrected chi connectivity index (χ2v) is 12.1. The Bertz CT molecular complexity index is 1820. The molecule has 242 valence electrons. The van der Waals surface area contributed by atoms with Crippen molar-refractivity contribution < 1.29 is 103 Å². The summed E-state index contributed by atoms with van der Waals surface area (Å²) in [6.45, 7) is 1.83. The van der Waals surface area contributed by atoms with Crippen LogP contribution in [0.15, 0.2) is 72.8 Å². The van der Waals surface area contributed by atoms with Crippen LogP contribution in [0, 0.1) is 5.92 Å². The molecule has 9 nitrogen and oxygen atoms in total.